The summed E-state index contributed by atoms with van der Waals surface area (Å²) < 4.78 is 5.85. The molecule has 5 rings (SSSR count). The number of nitrogens with zero attached hydrogens (tertiary/aromatic N) is 3. The molecule has 0 spiro atoms. The van der Waals surface area contributed by atoms with Gasteiger partial charge < -0.3 is 20.7 Å². The predicted molar refractivity (Wildman–Crippen MR) is 134 cm³/mol. The smallest absolute Gasteiger partial charge is 0.298 e. The van der Waals surface area contributed by atoms with Gasteiger partial charge in [-0.2, -0.15) is 0 Å². The van der Waals surface area contributed by atoms with Crippen molar-refractivity contribution < 1.29 is 9.53 Å². The lowest BCUT2D eigenvalue weighted by Gasteiger charge is -2.20. The second-order valence-corrected chi connectivity index (χ2v) is 8.98. The number of rotatable bonds is 6. The molecule has 35 heavy (non-hydrogen) atoms. The molecule has 1 aliphatic heterocycles. The molecule has 2 atom stereocenters. The van der Waals surface area contributed by atoms with Gasteiger partial charge in [0.15, 0.2) is 0 Å². The van der Waals surface area contributed by atoms with Crippen molar-refractivity contribution in [2.75, 3.05) is 24.1 Å². The fourth-order valence-corrected chi connectivity index (χ4v) is 5.08. The van der Waals surface area contributed by atoms with Crippen molar-refractivity contribution >= 4 is 23.3 Å². The molecule has 2 unspecified atom stereocenters. The minimum absolute atomic E-state index is 0.176. The highest BCUT2D eigenvalue weighted by atomic mass is 16.5. The van der Waals surface area contributed by atoms with Gasteiger partial charge in [0.25, 0.3) is 5.91 Å². The lowest BCUT2D eigenvalue weighted by molar-refractivity contribution is -0.124. The first-order chi connectivity index (χ1) is 17.0. The molecule has 1 saturated heterocycles. The molecule has 1 amide bonds. The number of nitrogens with two attached hydrogens (primary N) is 1. The molecule has 2 fully saturated rings. The maximum absolute atomic E-state index is 11.8. The Hall–Kier alpha value is -4.38. The standard InChI is InChI=1S/C27H26N6O2/c1-2-23(34)33-14-18-12-20(13-19(18)15-33)32-27-24(26(29)30-16-31-27)25(28)17-8-10-22(11-9-17)35-21-6-4-3-5-7-21/h1,3-11,16,18-20,28H,12-15H2,(H3,29,30,31,32). The van der Waals surface area contributed by atoms with Gasteiger partial charge in [0.2, 0.25) is 0 Å². The van der Waals surface area contributed by atoms with Gasteiger partial charge in [0, 0.05) is 24.7 Å². The number of amides is 1. The first-order valence-corrected chi connectivity index (χ1v) is 11.6. The average Bonchev–Trinajstić information content (AvgIpc) is 3.43. The number of carbonyl (C=O) groups is 1. The van der Waals surface area contributed by atoms with Gasteiger partial charge in [0.05, 0.1) is 11.3 Å². The monoisotopic (exact) mass is 466 g/mol. The molecule has 0 radical (unpaired) electrons. The number of anilines is 2. The van der Waals surface area contributed by atoms with Gasteiger partial charge in [-0.1, -0.05) is 18.2 Å². The summed E-state index contributed by atoms with van der Waals surface area (Å²) in [6.07, 6.45) is 8.49. The number of fused-ring (bicyclic) bond motifs is 1. The van der Waals surface area contributed by atoms with E-state index in [0.717, 1.165) is 18.6 Å². The number of terminal acetylenes is 1. The summed E-state index contributed by atoms with van der Waals surface area (Å²) in [5, 5.41) is 12.3. The zero-order valence-electron chi connectivity index (χ0n) is 19.1. The van der Waals surface area contributed by atoms with E-state index in [1.807, 2.05) is 54.6 Å². The summed E-state index contributed by atoms with van der Waals surface area (Å²) in [7, 11) is 0. The van der Waals surface area contributed by atoms with E-state index in [1.165, 1.54) is 6.33 Å². The zero-order chi connectivity index (χ0) is 24.4. The number of carbonyl (C=O) groups excluding carboxylic acids is 1. The van der Waals surface area contributed by atoms with Crippen LogP contribution < -0.4 is 15.8 Å². The van der Waals surface area contributed by atoms with Crippen LogP contribution in [0.15, 0.2) is 60.9 Å². The second-order valence-electron chi connectivity index (χ2n) is 8.98. The van der Waals surface area contributed by atoms with Gasteiger partial charge in [0.1, 0.15) is 29.5 Å². The molecule has 176 valence electrons. The van der Waals surface area contributed by atoms with Crippen LogP contribution in [0.5, 0.6) is 11.5 Å². The third-order valence-corrected chi connectivity index (χ3v) is 6.75. The van der Waals surface area contributed by atoms with Gasteiger partial charge in [-0.05, 0) is 67.0 Å². The Bertz CT molecular complexity index is 1270. The van der Waals surface area contributed by atoms with Gasteiger partial charge in [-0.25, -0.2) is 9.97 Å². The Labute approximate surface area is 204 Å². The number of para-hydroxylation sites is 1. The Kier molecular flexibility index (Phi) is 6.06. The van der Waals surface area contributed by atoms with Crippen LogP contribution in [0.25, 0.3) is 0 Å². The first kappa shape index (κ1) is 22.4. The number of hydrogen-bond acceptors (Lipinski definition) is 7. The topological polar surface area (TPSA) is 117 Å². The van der Waals surface area contributed by atoms with Crippen molar-refractivity contribution in [1.82, 2.24) is 14.9 Å². The largest absolute Gasteiger partial charge is 0.457 e. The quantitative estimate of drug-likeness (QED) is 0.378. The van der Waals surface area contributed by atoms with E-state index in [0.29, 0.717) is 47.6 Å². The van der Waals surface area contributed by atoms with Crippen molar-refractivity contribution in [2.45, 2.75) is 18.9 Å². The number of nitrogens with one attached hydrogen (secondary N) is 2. The highest BCUT2D eigenvalue weighted by molar-refractivity contribution is 6.16. The summed E-state index contributed by atoms with van der Waals surface area (Å²) in [6, 6.07) is 17.0. The third-order valence-electron chi connectivity index (χ3n) is 6.75. The molecular weight excluding hydrogens is 440 g/mol. The molecule has 4 N–H and O–H groups in total. The Balaban J connectivity index is 1.29. The molecule has 2 heterocycles. The SMILES string of the molecule is C#CC(=O)N1CC2CC(Nc3ncnc(N)c3C(=N)c3ccc(Oc4ccccc4)cc3)CC2C1. The summed E-state index contributed by atoms with van der Waals surface area (Å²) in [5.74, 6) is 5.02. The molecule has 8 heteroatoms. The maximum atomic E-state index is 11.8. The van der Waals surface area contributed by atoms with Crippen molar-refractivity contribution in [3.05, 3.63) is 72.1 Å². The number of nitrogen functional groups attached to an aromatic ring is 1. The number of likely N-dealkylation sites (tertiary alicyclic amines) is 1. The molecule has 1 aromatic heterocycles. The van der Waals surface area contributed by atoms with E-state index in [2.05, 4.69) is 21.2 Å². The van der Waals surface area contributed by atoms with Crippen LogP contribution in [0.2, 0.25) is 0 Å². The predicted octanol–water partition coefficient (Wildman–Crippen LogP) is 3.55. The van der Waals surface area contributed by atoms with Gasteiger partial charge in [-0.3, -0.25) is 10.2 Å². The molecule has 1 saturated carbocycles. The van der Waals surface area contributed by atoms with E-state index in [1.54, 1.807) is 4.90 Å². The Morgan fingerprint density at radius 1 is 1.06 bits per heavy atom. The highest BCUT2D eigenvalue weighted by Gasteiger charge is 2.42. The highest BCUT2D eigenvalue weighted by Crippen LogP contribution is 2.39. The second kappa shape index (κ2) is 9.47. The number of benzene rings is 2. The summed E-state index contributed by atoms with van der Waals surface area (Å²) >= 11 is 0. The molecule has 0 bridgehead atoms. The fraction of sp³-hybridized carbons (Fsp3) is 0.259. The van der Waals surface area contributed by atoms with E-state index in [-0.39, 0.29) is 23.5 Å². The zero-order valence-corrected chi connectivity index (χ0v) is 19.1. The molecular formula is C27H26N6O2. The van der Waals surface area contributed by atoms with Gasteiger partial charge >= 0.3 is 0 Å². The third kappa shape index (κ3) is 4.66. The van der Waals surface area contributed by atoms with Crippen LogP contribution in [-0.4, -0.2) is 45.6 Å². The van der Waals surface area contributed by atoms with Crippen LogP contribution in [0.1, 0.15) is 24.0 Å². The minimum Gasteiger partial charge on any atom is -0.457 e. The maximum Gasteiger partial charge on any atom is 0.298 e. The summed E-state index contributed by atoms with van der Waals surface area (Å²) in [4.78, 5) is 22.1. The minimum atomic E-state index is -0.233. The lowest BCUT2D eigenvalue weighted by Crippen LogP contribution is -2.30. The van der Waals surface area contributed by atoms with Crippen molar-refractivity contribution in [3.63, 3.8) is 0 Å². The van der Waals surface area contributed by atoms with Crippen LogP contribution in [0.3, 0.4) is 0 Å². The molecule has 2 aromatic carbocycles. The van der Waals surface area contributed by atoms with E-state index in [4.69, 9.17) is 22.3 Å². The summed E-state index contributed by atoms with van der Waals surface area (Å²) in [6.45, 7) is 1.38. The normalized spacial score (nSPS) is 20.7. The first-order valence-electron chi connectivity index (χ1n) is 11.6. The molecule has 1 aliphatic carbocycles. The van der Waals surface area contributed by atoms with Crippen molar-refractivity contribution in [3.8, 4) is 23.8 Å². The van der Waals surface area contributed by atoms with E-state index >= 15 is 0 Å². The average molecular weight is 467 g/mol. The van der Waals surface area contributed by atoms with E-state index < -0.39 is 0 Å². The van der Waals surface area contributed by atoms with Crippen LogP contribution in [-0.2, 0) is 4.79 Å². The van der Waals surface area contributed by atoms with Crippen LogP contribution in [0.4, 0.5) is 11.6 Å². The fourth-order valence-electron chi connectivity index (χ4n) is 5.08. The molecule has 2 aliphatic rings. The number of aromatic nitrogens is 2. The lowest BCUT2D eigenvalue weighted by atomic mass is 10.0. The van der Waals surface area contributed by atoms with Crippen LogP contribution in [0, 0.1) is 29.6 Å². The summed E-state index contributed by atoms with van der Waals surface area (Å²) in [5.41, 5.74) is 7.60. The van der Waals surface area contributed by atoms with E-state index in [9.17, 15) is 4.79 Å². The van der Waals surface area contributed by atoms with Gasteiger partial charge in [-0.15, -0.1) is 6.42 Å². The number of hydrogen-bond donors (Lipinski definition) is 3. The Morgan fingerprint density at radius 2 is 1.71 bits per heavy atom. The Morgan fingerprint density at radius 3 is 2.37 bits per heavy atom. The molecule has 8 nitrogen and oxygen atoms in total. The molecule has 3 aromatic rings. The van der Waals surface area contributed by atoms with Crippen LogP contribution >= 0.6 is 0 Å². The number of ether oxygens (including phenoxy) is 1. The van der Waals surface area contributed by atoms with Crippen molar-refractivity contribution in [1.29, 1.82) is 5.41 Å². The van der Waals surface area contributed by atoms with Crippen molar-refractivity contribution in [2.24, 2.45) is 11.8 Å².